The third-order valence-electron chi connectivity index (χ3n) is 13.5. The predicted octanol–water partition coefficient (Wildman–Crippen LogP) is 3.28. The van der Waals surface area contributed by atoms with Gasteiger partial charge in [0.2, 0.25) is 0 Å². The van der Waals surface area contributed by atoms with Crippen molar-refractivity contribution >= 4 is 6.29 Å². The highest BCUT2D eigenvalue weighted by atomic mass is 16.7. The van der Waals surface area contributed by atoms with Crippen LogP contribution in [0.25, 0.3) is 0 Å². The van der Waals surface area contributed by atoms with Gasteiger partial charge in [-0.1, -0.05) is 58.4 Å². The van der Waals surface area contributed by atoms with Crippen molar-refractivity contribution in [2.45, 2.75) is 142 Å². The van der Waals surface area contributed by atoms with Crippen LogP contribution in [0.2, 0.25) is 0 Å². The van der Waals surface area contributed by atoms with E-state index in [4.69, 9.17) is 9.47 Å². The van der Waals surface area contributed by atoms with Crippen LogP contribution in [-0.4, -0.2) is 92.0 Å². The molecule has 6 N–H and O–H groups in total. The van der Waals surface area contributed by atoms with E-state index in [-0.39, 0.29) is 22.7 Å². The van der Waals surface area contributed by atoms with Crippen LogP contribution in [0.15, 0.2) is 23.8 Å². The predicted molar refractivity (Wildman–Crippen MR) is 169 cm³/mol. The van der Waals surface area contributed by atoms with E-state index >= 15 is 0 Å². The van der Waals surface area contributed by atoms with Crippen molar-refractivity contribution < 1.29 is 44.9 Å². The van der Waals surface area contributed by atoms with Gasteiger partial charge < -0.3 is 44.9 Å². The molecule has 0 bridgehead atoms. The van der Waals surface area contributed by atoms with Crippen LogP contribution in [0.5, 0.6) is 0 Å². The summed E-state index contributed by atoms with van der Waals surface area (Å²) in [7, 11) is 0. The van der Waals surface area contributed by atoms with Crippen LogP contribution in [0, 0.1) is 45.3 Å². The standard InChI is InChI=1S/C36H58O9/c1-20(9-8-13-32(2,3)43)21-12-14-35(7)30-24(44-31-29(42)28(41)27(40)25(18-37)45-31)17-23-22(10-11-26(39)33(23,4)5)36(30,19-38)16-15-34(21,35)6/h8,13,17,19-22,24-31,37,39-43H,9-12,14-16,18H2,1-7H3/b13-8+/t20-,21-,22-,24+,25-,26+,27-,28+,29-,30+,31-,34-,35+,36-/m1/s1. The van der Waals surface area contributed by atoms with Crippen molar-refractivity contribution in [1.29, 1.82) is 0 Å². The van der Waals surface area contributed by atoms with Gasteiger partial charge in [0.1, 0.15) is 30.7 Å². The number of allylic oxidation sites excluding steroid dienone is 1. The molecule has 256 valence electrons. The van der Waals surface area contributed by atoms with Gasteiger partial charge in [0.05, 0.1) is 24.4 Å². The third-order valence-corrected chi connectivity index (χ3v) is 13.5. The lowest BCUT2D eigenvalue weighted by atomic mass is 9.38. The number of rotatable bonds is 8. The molecule has 14 atom stereocenters. The molecular weight excluding hydrogens is 576 g/mol. The number of ether oxygens (including phenoxy) is 2. The Hall–Kier alpha value is -1.17. The van der Waals surface area contributed by atoms with Crippen LogP contribution < -0.4 is 0 Å². The summed E-state index contributed by atoms with van der Waals surface area (Å²) in [6.45, 7) is 14.0. The van der Waals surface area contributed by atoms with E-state index < -0.39 is 66.0 Å². The minimum atomic E-state index is -1.57. The van der Waals surface area contributed by atoms with Gasteiger partial charge >= 0.3 is 0 Å². The lowest BCUT2D eigenvalue weighted by molar-refractivity contribution is -0.321. The molecule has 0 radical (unpaired) electrons. The molecule has 0 unspecified atom stereocenters. The molecule has 4 aliphatic carbocycles. The molecule has 5 rings (SSSR count). The first-order valence-corrected chi connectivity index (χ1v) is 17.1. The summed E-state index contributed by atoms with van der Waals surface area (Å²) in [5.74, 6) is 0.405. The van der Waals surface area contributed by atoms with Crippen LogP contribution in [0.4, 0.5) is 0 Å². The quantitative estimate of drug-likeness (QED) is 0.174. The molecule has 3 saturated carbocycles. The second kappa shape index (κ2) is 12.1. The number of aliphatic hydroxyl groups is 6. The number of aliphatic hydroxyl groups excluding tert-OH is 5. The summed E-state index contributed by atoms with van der Waals surface area (Å²) < 4.78 is 12.5. The van der Waals surface area contributed by atoms with Crippen LogP contribution in [-0.2, 0) is 14.3 Å². The minimum Gasteiger partial charge on any atom is -0.394 e. The second-order valence-electron chi connectivity index (χ2n) is 16.7. The van der Waals surface area contributed by atoms with Crippen LogP contribution in [0.3, 0.4) is 0 Å². The monoisotopic (exact) mass is 634 g/mol. The SMILES string of the molecule is C[C@H](C/C=C/C(C)(C)O)[C@H]1CC[C@@]2(C)[C@@H]3[C@@H](O[C@@H]4O[C@H](CO)[C@@H](O)[C@H](O)[C@H]4O)C=C4[C@@H](CC[C@H](O)C4(C)C)[C@]3(C=O)CC[C@]12C. The Bertz CT molecular complexity index is 1160. The summed E-state index contributed by atoms with van der Waals surface area (Å²) in [4.78, 5) is 13.7. The summed E-state index contributed by atoms with van der Waals surface area (Å²) in [6.07, 6.45) is 4.43. The second-order valence-corrected chi connectivity index (χ2v) is 16.7. The summed E-state index contributed by atoms with van der Waals surface area (Å²) in [6, 6.07) is 0. The first kappa shape index (κ1) is 35.1. The number of hydrogen-bond donors (Lipinski definition) is 6. The van der Waals surface area contributed by atoms with Crippen molar-refractivity contribution in [1.82, 2.24) is 0 Å². The molecule has 5 aliphatic rings. The first-order valence-electron chi connectivity index (χ1n) is 17.1. The fraction of sp³-hybridized carbons (Fsp3) is 0.861. The van der Waals surface area contributed by atoms with E-state index in [2.05, 4.69) is 32.9 Å². The molecule has 0 aromatic heterocycles. The Morgan fingerprint density at radius 1 is 1.00 bits per heavy atom. The average molecular weight is 635 g/mol. The van der Waals surface area contributed by atoms with Gasteiger partial charge in [0.15, 0.2) is 6.29 Å². The Labute approximate surface area is 268 Å². The number of fused-ring (bicyclic) bond motifs is 5. The van der Waals surface area contributed by atoms with Crippen molar-refractivity contribution in [2.24, 2.45) is 45.3 Å². The number of aldehydes is 1. The minimum absolute atomic E-state index is 0.0550. The van der Waals surface area contributed by atoms with Crippen LogP contribution >= 0.6 is 0 Å². The summed E-state index contributed by atoms with van der Waals surface area (Å²) in [5.41, 5.74) is -1.68. The van der Waals surface area contributed by atoms with E-state index in [9.17, 15) is 35.4 Å². The van der Waals surface area contributed by atoms with Gasteiger partial charge in [-0.15, -0.1) is 0 Å². The maximum absolute atomic E-state index is 13.7. The largest absolute Gasteiger partial charge is 0.394 e. The molecule has 0 amide bonds. The molecule has 9 heteroatoms. The molecule has 4 fully saturated rings. The van der Waals surface area contributed by atoms with Gasteiger partial charge in [-0.25, -0.2) is 0 Å². The normalized spacial score (nSPS) is 48.7. The van der Waals surface area contributed by atoms with Gasteiger partial charge in [0, 0.05) is 16.7 Å². The highest BCUT2D eigenvalue weighted by Gasteiger charge is 2.71. The van der Waals surface area contributed by atoms with Crippen molar-refractivity contribution in [2.75, 3.05) is 6.61 Å². The molecular formula is C36H58O9. The van der Waals surface area contributed by atoms with Crippen LogP contribution in [0.1, 0.15) is 93.4 Å². The van der Waals surface area contributed by atoms with Gasteiger partial charge in [0.25, 0.3) is 0 Å². The molecule has 0 aromatic rings. The number of carbonyl (C=O) groups is 1. The third kappa shape index (κ3) is 5.51. The smallest absolute Gasteiger partial charge is 0.187 e. The Balaban J connectivity index is 1.58. The van der Waals surface area contributed by atoms with Gasteiger partial charge in [-0.2, -0.15) is 0 Å². The van der Waals surface area contributed by atoms with E-state index in [0.29, 0.717) is 31.1 Å². The Morgan fingerprint density at radius 3 is 2.31 bits per heavy atom. The first-order chi connectivity index (χ1) is 20.9. The maximum Gasteiger partial charge on any atom is 0.187 e. The molecule has 0 spiro atoms. The zero-order chi connectivity index (χ0) is 33.3. The lowest BCUT2D eigenvalue weighted by Crippen LogP contribution is -2.66. The molecule has 1 saturated heterocycles. The summed E-state index contributed by atoms with van der Waals surface area (Å²) >= 11 is 0. The Morgan fingerprint density at radius 2 is 1.69 bits per heavy atom. The molecule has 1 heterocycles. The van der Waals surface area contributed by atoms with Gasteiger partial charge in [-0.3, -0.25) is 0 Å². The Kier molecular flexibility index (Phi) is 9.42. The number of carbonyl (C=O) groups excluding carboxylic acids is 1. The van der Waals surface area contributed by atoms with Crippen molar-refractivity contribution in [3.05, 3.63) is 23.8 Å². The van der Waals surface area contributed by atoms with E-state index in [0.717, 1.165) is 31.3 Å². The fourth-order valence-corrected chi connectivity index (χ4v) is 10.7. The molecule has 1 aliphatic heterocycles. The van der Waals surface area contributed by atoms with E-state index in [1.54, 1.807) is 13.8 Å². The lowest BCUT2D eigenvalue weighted by Gasteiger charge is -2.66. The maximum atomic E-state index is 13.7. The van der Waals surface area contributed by atoms with Crippen molar-refractivity contribution in [3.8, 4) is 0 Å². The van der Waals surface area contributed by atoms with Crippen molar-refractivity contribution in [3.63, 3.8) is 0 Å². The average Bonchev–Trinajstić information content (AvgIpc) is 3.25. The highest BCUT2D eigenvalue weighted by molar-refractivity contribution is 5.65. The number of hydrogen-bond acceptors (Lipinski definition) is 9. The topological polar surface area (TPSA) is 157 Å². The summed E-state index contributed by atoms with van der Waals surface area (Å²) in [5, 5.41) is 63.2. The zero-order valence-corrected chi connectivity index (χ0v) is 28.2. The molecule has 0 aromatic carbocycles. The fourth-order valence-electron chi connectivity index (χ4n) is 10.7. The molecule has 45 heavy (non-hydrogen) atoms. The van der Waals surface area contributed by atoms with Gasteiger partial charge in [-0.05, 0) is 87.4 Å². The van der Waals surface area contributed by atoms with E-state index in [1.807, 2.05) is 19.9 Å². The zero-order valence-electron chi connectivity index (χ0n) is 28.2. The highest BCUT2D eigenvalue weighted by Crippen LogP contribution is 2.75. The molecule has 9 nitrogen and oxygen atoms in total. The van der Waals surface area contributed by atoms with E-state index in [1.165, 1.54) is 6.29 Å².